The van der Waals surface area contributed by atoms with Crippen LogP contribution in [0, 0.1) is 0 Å². The van der Waals surface area contributed by atoms with Gasteiger partial charge in [0, 0.05) is 6.20 Å². The summed E-state index contributed by atoms with van der Waals surface area (Å²) in [6.45, 7) is 0. The van der Waals surface area contributed by atoms with Crippen LogP contribution in [0.4, 0.5) is 8.78 Å². The number of alkyl halides is 2. The van der Waals surface area contributed by atoms with Crippen molar-refractivity contribution in [2.75, 3.05) is 0 Å². The molecule has 1 aromatic heterocycles. The molecule has 1 heterocycles. The summed E-state index contributed by atoms with van der Waals surface area (Å²) in [5.74, 6) is -2.38. The third kappa shape index (κ3) is 2.31. The minimum atomic E-state index is -2.38. The fourth-order valence-electron chi connectivity index (χ4n) is 0.508. The summed E-state index contributed by atoms with van der Waals surface area (Å²) < 4.78 is 23.3. The Hall–Kier alpha value is -0.640. The minimum absolute atomic E-state index is 0.359. The molecule has 1 nitrogen and oxygen atoms in total. The monoisotopic (exact) mass is 160 g/mol. The summed E-state index contributed by atoms with van der Waals surface area (Å²) in [5.41, 5.74) is 0. The van der Waals surface area contributed by atoms with E-state index >= 15 is 0 Å². The fraction of sp³-hybridized carbons (Fsp3) is 0.167. The number of halogens is 2. The number of hydrogen-bond acceptors (Lipinski definition) is 2. The second-order valence-electron chi connectivity index (χ2n) is 1.55. The first-order valence-corrected chi connectivity index (χ1v) is 3.53. The van der Waals surface area contributed by atoms with Gasteiger partial charge in [0.05, 0.1) is 0 Å². The molecule has 0 aromatic carbocycles. The Balaban J connectivity index is 2.59. The number of pyridine rings is 1. The average Bonchev–Trinajstić information content (AvgIpc) is 1.88. The molecule has 54 valence electrons. The number of aromatic nitrogens is 1. The lowest BCUT2D eigenvalue weighted by Gasteiger charge is -1.95. The van der Waals surface area contributed by atoms with Crippen LogP contribution >= 0.6 is 11.8 Å². The van der Waals surface area contributed by atoms with E-state index in [-0.39, 0.29) is 0 Å². The van der Waals surface area contributed by atoms with E-state index in [4.69, 9.17) is 0 Å². The van der Waals surface area contributed by atoms with Crippen LogP contribution in [0.2, 0.25) is 0 Å². The predicted octanol–water partition coefficient (Wildman–Crippen LogP) is 2.40. The lowest BCUT2D eigenvalue weighted by Crippen LogP contribution is -1.83. The Morgan fingerprint density at radius 3 is 2.70 bits per heavy atom. The number of nitrogens with zero attached hydrogens (tertiary/aromatic N) is 1. The largest absolute Gasteiger partial charge is 0.290 e. The smallest absolute Gasteiger partial charge is 0.250 e. The van der Waals surface area contributed by atoms with Crippen LogP contribution in [0.5, 0.6) is 0 Å². The highest BCUT2D eigenvalue weighted by molar-refractivity contribution is 7.99. The van der Waals surface area contributed by atoms with Crippen molar-refractivity contribution in [3.63, 3.8) is 0 Å². The molecule has 1 unspecified atom stereocenters. The zero-order chi connectivity index (χ0) is 7.40. The van der Waals surface area contributed by atoms with Gasteiger partial charge >= 0.3 is 0 Å². The molecule has 1 atom stereocenters. The molecular weight excluding hydrogens is 155 g/mol. The number of thioether (sulfide) groups is 1. The van der Waals surface area contributed by atoms with Gasteiger partial charge in [-0.25, -0.2) is 4.98 Å². The molecule has 0 saturated heterocycles. The van der Waals surface area contributed by atoms with Crippen molar-refractivity contribution >= 4 is 11.8 Å². The molecule has 0 saturated carbocycles. The zero-order valence-corrected chi connectivity index (χ0v) is 5.81. The third-order valence-electron chi connectivity index (χ3n) is 0.848. The van der Waals surface area contributed by atoms with Crippen molar-refractivity contribution < 1.29 is 8.78 Å². The molecule has 0 aliphatic carbocycles. The summed E-state index contributed by atoms with van der Waals surface area (Å²) in [6, 6.07) is 4.92. The first kappa shape index (κ1) is 7.47. The van der Waals surface area contributed by atoms with Crippen molar-refractivity contribution in [3.05, 3.63) is 24.4 Å². The van der Waals surface area contributed by atoms with E-state index in [2.05, 4.69) is 4.98 Å². The first-order chi connectivity index (χ1) is 4.79. The highest BCUT2D eigenvalue weighted by atomic mass is 32.2. The van der Waals surface area contributed by atoms with Crippen LogP contribution in [0.1, 0.15) is 0 Å². The number of hydrogen-bond donors (Lipinski definition) is 0. The van der Waals surface area contributed by atoms with Crippen LogP contribution in [0.15, 0.2) is 29.4 Å². The second kappa shape index (κ2) is 3.51. The quantitative estimate of drug-likeness (QED) is 0.616. The van der Waals surface area contributed by atoms with Gasteiger partial charge in [-0.05, 0) is 23.9 Å². The maximum atomic E-state index is 11.6. The molecule has 0 radical (unpaired) electrons. The minimum Gasteiger partial charge on any atom is -0.250 e. The standard InChI is InChI=1S/C6H5F2NS/c7-6(8)10-5-3-1-2-4-9-5/h1-4,6H/i7-1. The van der Waals surface area contributed by atoms with Gasteiger partial charge in [-0.2, -0.15) is 8.78 Å². The van der Waals surface area contributed by atoms with Gasteiger partial charge in [0.15, 0.2) is 0 Å². The summed E-state index contributed by atoms with van der Waals surface area (Å²) >= 11 is 0.454. The van der Waals surface area contributed by atoms with Crippen LogP contribution in [-0.2, 0) is 0 Å². The van der Waals surface area contributed by atoms with Gasteiger partial charge in [-0.1, -0.05) is 6.07 Å². The molecule has 4 heteroatoms. The normalized spacial score (nSPS) is 13.0. The summed E-state index contributed by atoms with van der Waals surface area (Å²) in [7, 11) is 0. The van der Waals surface area contributed by atoms with E-state index in [1.807, 2.05) is 0 Å². The molecule has 10 heavy (non-hydrogen) atoms. The van der Waals surface area contributed by atoms with E-state index in [1.165, 1.54) is 6.20 Å². The lowest BCUT2D eigenvalue weighted by atomic mass is 10.5. The molecule has 0 amide bonds. The Bertz CT molecular complexity index is 190. The van der Waals surface area contributed by atoms with Crippen LogP contribution in [-0.4, -0.2) is 10.7 Å². The van der Waals surface area contributed by atoms with Crippen molar-refractivity contribution in [1.29, 1.82) is 0 Å². The highest BCUT2D eigenvalue weighted by Gasteiger charge is 2.03. The Labute approximate surface area is 61.5 Å². The molecule has 0 bridgehead atoms. The number of rotatable bonds is 2. The van der Waals surface area contributed by atoms with Crippen LogP contribution < -0.4 is 0 Å². The highest BCUT2D eigenvalue weighted by Crippen LogP contribution is 2.21. The predicted molar refractivity (Wildman–Crippen MR) is 36.1 cm³/mol. The summed E-state index contributed by atoms with van der Waals surface area (Å²) in [4.78, 5) is 3.70. The Morgan fingerprint density at radius 1 is 1.40 bits per heavy atom. The average molecular weight is 160 g/mol. The molecular formula is C6H5F2NS. The SMILES string of the molecule is FC([18F])Sc1ccccn1. The van der Waals surface area contributed by atoms with Crippen molar-refractivity contribution in [1.82, 2.24) is 4.98 Å². The summed E-state index contributed by atoms with van der Waals surface area (Å²) in [5, 5.41) is 0.359. The maximum Gasteiger partial charge on any atom is 0.290 e. The van der Waals surface area contributed by atoms with Gasteiger partial charge < -0.3 is 0 Å². The molecule has 1 aromatic rings. The maximum absolute atomic E-state index is 11.6. The fourth-order valence-corrected chi connectivity index (χ4v) is 0.969. The van der Waals surface area contributed by atoms with E-state index in [1.54, 1.807) is 18.2 Å². The van der Waals surface area contributed by atoms with E-state index in [0.717, 1.165) is 0 Å². The Kier molecular flexibility index (Phi) is 2.62. The molecule has 0 N–H and O–H groups in total. The molecule has 0 aliphatic heterocycles. The van der Waals surface area contributed by atoms with E-state index < -0.39 is 5.76 Å². The second-order valence-corrected chi connectivity index (χ2v) is 2.56. The van der Waals surface area contributed by atoms with E-state index in [9.17, 15) is 8.78 Å². The van der Waals surface area contributed by atoms with E-state index in [0.29, 0.717) is 16.8 Å². The van der Waals surface area contributed by atoms with Gasteiger partial charge in [-0.3, -0.25) is 0 Å². The lowest BCUT2D eigenvalue weighted by molar-refractivity contribution is 0.252. The van der Waals surface area contributed by atoms with Crippen molar-refractivity contribution in [3.8, 4) is 0 Å². The van der Waals surface area contributed by atoms with Gasteiger partial charge in [0.1, 0.15) is 5.03 Å². The van der Waals surface area contributed by atoms with Gasteiger partial charge in [0.2, 0.25) is 0 Å². The topological polar surface area (TPSA) is 12.9 Å². The van der Waals surface area contributed by atoms with Crippen molar-refractivity contribution in [2.24, 2.45) is 0 Å². The Morgan fingerprint density at radius 2 is 2.20 bits per heavy atom. The molecule has 1 rings (SSSR count). The van der Waals surface area contributed by atoms with Gasteiger partial charge in [-0.15, -0.1) is 0 Å². The summed E-state index contributed by atoms with van der Waals surface area (Å²) in [6.07, 6.45) is 1.49. The van der Waals surface area contributed by atoms with Gasteiger partial charge in [0.25, 0.3) is 5.76 Å². The van der Waals surface area contributed by atoms with Crippen LogP contribution in [0.25, 0.3) is 0 Å². The molecule has 0 fully saturated rings. The molecule has 0 aliphatic rings. The van der Waals surface area contributed by atoms with Crippen LogP contribution in [0.3, 0.4) is 0 Å². The third-order valence-corrected chi connectivity index (χ3v) is 1.51. The zero-order valence-electron chi connectivity index (χ0n) is 5.00. The first-order valence-electron chi connectivity index (χ1n) is 2.65. The van der Waals surface area contributed by atoms with Crippen molar-refractivity contribution in [2.45, 2.75) is 10.8 Å². The molecule has 0 spiro atoms.